The highest BCUT2D eigenvalue weighted by Crippen LogP contribution is 2.31. The Morgan fingerprint density at radius 3 is 2.39 bits per heavy atom. The maximum absolute atomic E-state index is 6.24. The van der Waals surface area contributed by atoms with Crippen molar-refractivity contribution in [3.05, 3.63) is 68.1 Å². The summed E-state index contributed by atoms with van der Waals surface area (Å²) in [5, 5.41) is 4.70. The summed E-state index contributed by atoms with van der Waals surface area (Å²) in [6.07, 6.45) is 0. The number of halogens is 3. The van der Waals surface area contributed by atoms with Crippen LogP contribution in [0.1, 0.15) is 17.2 Å². The summed E-state index contributed by atoms with van der Waals surface area (Å²) in [5.41, 5.74) is 2.12. The molecule has 0 aliphatic rings. The molecular weight excluding hydrogens is 333 g/mol. The lowest BCUT2D eigenvalue weighted by Crippen LogP contribution is -2.18. The third-order valence-electron chi connectivity index (χ3n) is 2.78. The van der Waals surface area contributed by atoms with Crippen LogP contribution in [-0.2, 0) is 0 Å². The fourth-order valence-corrected chi connectivity index (χ4v) is 2.58. The average molecular weight is 345 g/mol. The predicted molar refractivity (Wildman–Crippen MR) is 81.5 cm³/mol. The van der Waals surface area contributed by atoms with Crippen molar-refractivity contribution in [2.75, 3.05) is 7.05 Å². The molecule has 18 heavy (non-hydrogen) atoms. The maximum Gasteiger partial charge on any atom is 0.0589 e. The highest BCUT2D eigenvalue weighted by molar-refractivity contribution is 9.10. The normalized spacial score (nSPS) is 12.4. The van der Waals surface area contributed by atoms with E-state index in [1.165, 1.54) is 0 Å². The SMILES string of the molecule is CNC(c1ccc(Br)c(Cl)c1)c1ccccc1Cl. The molecule has 1 nitrogen and oxygen atoms in total. The van der Waals surface area contributed by atoms with Crippen molar-refractivity contribution >= 4 is 39.1 Å². The van der Waals surface area contributed by atoms with Gasteiger partial charge in [0, 0.05) is 9.50 Å². The van der Waals surface area contributed by atoms with Crippen LogP contribution < -0.4 is 5.32 Å². The van der Waals surface area contributed by atoms with E-state index in [4.69, 9.17) is 23.2 Å². The lowest BCUT2D eigenvalue weighted by Gasteiger charge is -2.19. The summed E-state index contributed by atoms with van der Waals surface area (Å²) in [6.45, 7) is 0. The van der Waals surface area contributed by atoms with Gasteiger partial charge in [-0.05, 0) is 52.3 Å². The molecule has 2 aromatic rings. The molecule has 1 atom stereocenters. The molecule has 1 N–H and O–H groups in total. The minimum Gasteiger partial charge on any atom is -0.309 e. The average Bonchev–Trinajstić information content (AvgIpc) is 2.37. The molecule has 0 spiro atoms. The second kappa shape index (κ2) is 6.07. The smallest absolute Gasteiger partial charge is 0.0589 e. The summed E-state index contributed by atoms with van der Waals surface area (Å²) >= 11 is 15.8. The van der Waals surface area contributed by atoms with Crippen LogP contribution in [-0.4, -0.2) is 7.05 Å². The Morgan fingerprint density at radius 1 is 1.06 bits per heavy atom. The van der Waals surface area contributed by atoms with Crippen LogP contribution in [0.15, 0.2) is 46.9 Å². The molecule has 0 bridgehead atoms. The van der Waals surface area contributed by atoms with Gasteiger partial charge < -0.3 is 5.32 Å². The summed E-state index contributed by atoms with van der Waals surface area (Å²) in [7, 11) is 1.91. The first kappa shape index (κ1) is 13.9. The van der Waals surface area contributed by atoms with Crippen molar-refractivity contribution in [3.8, 4) is 0 Å². The third-order valence-corrected chi connectivity index (χ3v) is 4.36. The fraction of sp³-hybridized carbons (Fsp3) is 0.143. The van der Waals surface area contributed by atoms with E-state index in [9.17, 15) is 0 Å². The molecule has 0 heterocycles. The molecule has 2 aromatic carbocycles. The van der Waals surface area contributed by atoms with Crippen LogP contribution in [0.5, 0.6) is 0 Å². The van der Waals surface area contributed by atoms with Gasteiger partial charge in [-0.25, -0.2) is 0 Å². The number of benzene rings is 2. The summed E-state index contributed by atoms with van der Waals surface area (Å²) < 4.78 is 0.891. The van der Waals surface area contributed by atoms with Gasteiger partial charge >= 0.3 is 0 Å². The topological polar surface area (TPSA) is 12.0 Å². The first-order valence-electron chi connectivity index (χ1n) is 5.50. The standard InChI is InChI=1S/C14H12BrCl2N/c1-18-14(10-4-2-3-5-12(10)16)9-6-7-11(15)13(17)8-9/h2-8,14,18H,1H3. The Hall–Kier alpha value is -0.540. The van der Waals surface area contributed by atoms with Crippen molar-refractivity contribution in [1.82, 2.24) is 5.32 Å². The van der Waals surface area contributed by atoms with E-state index in [0.717, 1.165) is 20.6 Å². The van der Waals surface area contributed by atoms with Gasteiger partial charge in [-0.3, -0.25) is 0 Å². The third kappa shape index (κ3) is 2.89. The Balaban J connectivity index is 2.45. The zero-order valence-electron chi connectivity index (χ0n) is 9.75. The van der Waals surface area contributed by atoms with Crippen LogP contribution >= 0.6 is 39.1 Å². The molecule has 1 unspecified atom stereocenters. The van der Waals surface area contributed by atoms with Crippen LogP contribution in [0.25, 0.3) is 0 Å². The van der Waals surface area contributed by atoms with Gasteiger partial charge in [-0.15, -0.1) is 0 Å². The van der Waals surface area contributed by atoms with Crippen molar-refractivity contribution in [3.63, 3.8) is 0 Å². The zero-order chi connectivity index (χ0) is 13.1. The number of rotatable bonds is 3. The van der Waals surface area contributed by atoms with E-state index in [2.05, 4.69) is 21.2 Å². The quantitative estimate of drug-likeness (QED) is 0.820. The predicted octanol–water partition coefficient (Wildman–Crippen LogP) is 5.06. The van der Waals surface area contributed by atoms with Gasteiger partial charge in [-0.2, -0.15) is 0 Å². The molecule has 2 rings (SSSR count). The van der Waals surface area contributed by atoms with Gasteiger partial charge in [0.15, 0.2) is 0 Å². The molecule has 0 amide bonds. The summed E-state index contributed by atoms with van der Waals surface area (Å²) in [6, 6.07) is 13.7. The van der Waals surface area contributed by atoms with Crippen LogP contribution in [0.2, 0.25) is 10.0 Å². The largest absolute Gasteiger partial charge is 0.309 e. The molecule has 0 saturated heterocycles. The lowest BCUT2D eigenvalue weighted by molar-refractivity contribution is 0.692. The Labute approximate surface area is 125 Å². The first-order valence-corrected chi connectivity index (χ1v) is 7.05. The fourth-order valence-electron chi connectivity index (χ4n) is 1.90. The Bertz CT molecular complexity index is 557. The minimum atomic E-state index is 0.0318. The number of nitrogens with one attached hydrogen (secondary N) is 1. The van der Waals surface area contributed by atoms with Crippen LogP contribution in [0.4, 0.5) is 0 Å². The van der Waals surface area contributed by atoms with Gasteiger partial charge in [0.05, 0.1) is 11.1 Å². The second-order valence-corrected chi connectivity index (χ2v) is 5.59. The van der Waals surface area contributed by atoms with Crippen LogP contribution in [0, 0.1) is 0 Å². The van der Waals surface area contributed by atoms with E-state index < -0.39 is 0 Å². The molecule has 94 valence electrons. The van der Waals surface area contributed by atoms with Crippen molar-refractivity contribution in [2.24, 2.45) is 0 Å². The Morgan fingerprint density at radius 2 is 1.78 bits per heavy atom. The summed E-state index contributed by atoms with van der Waals surface area (Å²) in [4.78, 5) is 0. The second-order valence-electron chi connectivity index (χ2n) is 3.92. The van der Waals surface area contributed by atoms with Gasteiger partial charge in [0.2, 0.25) is 0 Å². The molecule has 0 aromatic heterocycles. The maximum atomic E-state index is 6.24. The molecule has 0 fully saturated rings. The molecular formula is C14H12BrCl2N. The minimum absolute atomic E-state index is 0.0318. The first-order chi connectivity index (χ1) is 8.63. The van der Waals surface area contributed by atoms with Gasteiger partial charge in [0.25, 0.3) is 0 Å². The van der Waals surface area contributed by atoms with Crippen molar-refractivity contribution in [1.29, 1.82) is 0 Å². The van der Waals surface area contributed by atoms with E-state index in [1.54, 1.807) is 0 Å². The lowest BCUT2D eigenvalue weighted by atomic mass is 9.99. The van der Waals surface area contributed by atoms with E-state index in [-0.39, 0.29) is 6.04 Å². The highest BCUT2D eigenvalue weighted by Gasteiger charge is 2.15. The number of hydrogen-bond donors (Lipinski definition) is 1. The molecule has 0 aliphatic carbocycles. The number of hydrogen-bond acceptors (Lipinski definition) is 1. The highest BCUT2D eigenvalue weighted by atomic mass is 79.9. The van der Waals surface area contributed by atoms with Crippen molar-refractivity contribution in [2.45, 2.75) is 6.04 Å². The Kier molecular flexibility index (Phi) is 4.68. The van der Waals surface area contributed by atoms with Crippen LogP contribution in [0.3, 0.4) is 0 Å². The molecule has 0 radical (unpaired) electrons. The summed E-state index contributed by atoms with van der Waals surface area (Å²) in [5.74, 6) is 0. The monoisotopic (exact) mass is 343 g/mol. The van der Waals surface area contributed by atoms with E-state index >= 15 is 0 Å². The molecule has 4 heteroatoms. The van der Waals surface area contributed by atoms with E-state index in [0.29, 0.717) is 5.02 Å². The van der Waals surface area contributed by atoms with Crippen molar-refractivity contribution < 1.29 is 0 Å². The molecule has 0 aliphatic heterocycles. The van der Waals surface area contributed by atoms with E-state index in [1.807, 2.05) is 49.5 Å². The van der Waals surface area contributed by atoms with Gasteiger partial charge in [-0.1, -0.05) is 47.5 Å². The zero-order valence-corrected chi connectivity index (χ0v) is 12.9. The molecule has 0 saturated carbocycles. The van der Waals surface area contributed by atoms with Gasteiger partial charge in [0.1, 0.15) is 0 Å².